The third kappa shape index (κ3) is 3.88. The summed E-state index contributed by atoms with van der Waals surface area (Å²) in [5, 5.41) is 10.8. The third-order valence-corrected chi connectivity index (χ3v) is 3.89. The summed E-state index contributed by atoms with van der Waals surface area (Å²) in [6, 6.07) is 4.57. The molecular formula is C14H18F3N3O2. The van der Waals surface area contributed by atoms with Crippen LogP contribution in [-0.4, -0.2) is 48.2 Å². The summed E-state index contributed by atoms with van der Waals surface area (Å²) in [4.78, 5) is 13.8. The number of nitrogens with zero attached hydrogens (tertiary/aromatic N) is 3. The molecule has 0 N–H and O–H groups in total. The first-order valence-electron chi connectivity index (χ1n) is 6.98. The van der Waals surface area contributed by atoms with E-state index in [9.17, 15) is 23.3 Å². The van der Waals surface area contributed by atoms with E-state index in [4.69, 9.17) is 0 Å². The predicted octanol–water partition coefficient (Wildman–Crippen LogP) is 2.98. The minimum atomic E-state index is -4.19. The van der Waals surface area contributed by atoms with E-state index in [1.807, 2.05) is 4.90 Å². The van der Waals surface area contributed by atoms with Crippen molar-refractivity contribution < 1.29 is 18.1 Å². The lowest BCUT2D eigenvalue weighted by Gasteiger charge is -2.41. The Kier molecular flexibility index (Phi) is 4.60. The van der Waals surface area contributed by atoms with Crippen LogP contribution in [0.4, 0.5) is 24.5 Å². The Labute approximate surface area is 126 Å². The zero-order valence-corrected chi connectivity index (χ0v) is 12.4. The number of rotatable bonds is 3. The maximum absolute atomic E-state index is 12.5. The number of hydrogen-bond acceptors (Lipinski definition) is 4. The van der Waals surface area contributed by atoms with Crippen molar-refractivity contribution in [2.45, 2.75) is 26.1 Å². The number of benzene rings is 1. The summed E-state index contributed by atoms with van der Waals surface area (Å²) >= 11 is 0. The van der Waals surface area contributed by atoms with Crippen molar-refractivity contribution >= 4 is 11.4 Å². The van der Waals surface area contributed by atoms with E-state index >= 15 is 0 Å². The highest BCUT2D eigenvalue weighted by Gasteiger charge is 2.35. The van der Waals surface area contributed by atoms with Gasteiger partial charge < -0.3 is 4.90 Å². The molecule has 1 aliphatic rings. The SMILES string of the molecule is Cc1cc(N2CCN(CC(F)(F)F)C(C)C2)ccc1[N+](=O)[O-]. The van der Waals surface area contributed by atoms with Crippen LogP contribution in [0.5, 0.6) is 0 Å². The molecule has 0 saturated carbocycles. The minimum Gasteiger partial charge on any atom is -0.369 e. The molecule has 0 aliphatic carbocycles. The number of halogens is 3. The molecule has 122 valence electrons. The van der Waals surface area contributed by atoms with Gasteiger partial charge in [-0.25, -0.2) is 0 Å². The average Bonchev–Trinajstić information content (AvgIpc) is 2.39. The normalized spacial score (nSPS) is 20.2. The zero-order valence-electron chi connectivity index (χ0n) is 12.4. The number of anilines is 1. The predicted molar refractivity (Wildman–Crippen MR) is 77.1 cm³/mol. The molecule has 8 heteroatoms. The standard InChI is InChI=1S/C14H18F3N3O2/c1-10-7-12(3-4-13(10)20(21)22)18-5-6-19(11(2)8-18)9-14(15,16)17/h3-4,7,11H,5-6,8-9H2,1-2H3. The van der Waals surface area contributed by atoms with Gasteiger partial charge in [-0.05, 0) is 26.0 Å². The van der Waals surface area contributed by atoms with Crippen LogP contribution in [0.3, 0.4) is 0 Å². The van der Waals surface area contributed by atoms with Crippen molar-refractivity contribution in [3.63, 3.8) is 0 Å². The van der Waals surface area contributed by atoms with Gasteiger partial charge in [-0.3, -0.25) is 15.0 Å². The van der Waals surface area contributed by atoms with E-state index in [0.717, 1.165) is 5.69 Å². The number of alkyl halides is 3. The molecule has 0 spiro atoms. The third-order valence-electron chi connectivity index (χ3n) is 3.89. The average molecular weight is 317 g/mol. The van der Waals surface area contributed by atoms with Crippen LogP contribution in [0.15, 0.2) is 18.2 Å². The second-order valence-corrected chi connectivity index (χ2v) is 5.61. The van der Waals surface area contributed by atoms with Crippen LogP contribution in [0, 0.1) is 17.0 Å². The lowest BCUT2D eigenvalue weighted by Crippen LogP contribution is -2.54. The van der Waals surface area contributed by atoms with Crippen molar-refractivity contribution in [3.8, 4) is 0 Å². The van der Waals surface area contributed by atoms with Gasteiger partial charge >= 0.3 is 6.18 Å². The maximum Gasteiger partial charge on any atom is 0.401 e. The highest BCUT2D eigenvalue weighted by Crippen LogP contribution is 2.27. The lowest BCUT2D eigenvalue weighted by molar-refractivity contribution is -0.385. The van der Waals surface area contributed by atoms with Crippen LogP contribution in [0.25, 0.3) is 0 Å². The Morgan fingerprint density at radius 2 is 2.05 bits per heavy atom. The summed E-state index contributed by atoms with van der Waals surface area (Å²) in [6.07, 6.45) is -4.19. The first-order chi connectivity index (χ1) is 10.2. The Morgan fingerprint density at radius 3 is 2.55 bits per heavy atom. The molecule has 0 amide bonds. The molecule has 1 aromatic rings. The van der Waals surface area contributed by atoms with Gasteiger partial charge in [-0.1, -0.05) is 0 Å². The van der Waals surface area contributed by atoms with Gasteiger partial charge in [0.2, 0.25) is 0 Å². The first-order valence-corrected chi connectivity index (χ1v) is 6.98. The molecular weight excluding hydrogens is 299 g/mol. The summed E-state index contributed by atoms with van der Waals surface area (Å²) < 4.78 is 37.5. The van der Waals surface area contributed by atoms with E-state index in [1.54, 1.807) is 26.0 Å². The van der Waals surface area contributed by atoms with Gasteiger partial charge in [-0.15, -0.1) is 0 Å². The molecule has 1 saturated heterocycles. The minimum absolute atomic E-state index is 0.0486. The number of piperazine rings is 1. The highest BCUT2D eigenvalue weighted by atomic mass is 19.4. The second kappa shape index (κ2) is 6.12. The summed E-state index contributed by atoms with van der Waals surface area (Å²) in [5.41, 5.74) is 1.40. The Bertz CT molecular complexity index is 563. The summed E-state index contributed by atoms with van der Waals surface area (Å²) in [6.45, 7) is 3.77. The highest BCUT2D eigenvalue weighted by molar-refractivity contribution is 5.55. The zero-order chi connectivity index (χ0) is 16.5. The molecule has 22 heavy (non-hydrogen) atoms. The molecule has 0 aromatic heterocycles. The Morgan fingerprint density at radius 1 is 1.36 bits per heavy atom. The topological polar surface area (TPSA) is 49.6 Å². The van der Waals surface area contributed by atoms with E-state index in [2.05, 4.69) is 0 Å². The monoisotopic (exact) mass is 317 g/mol. The van der Waals surface area contributed by atoms with Gasteiger partial charge in [0.1, 0.15) is 0 Å². The molecule has 1 fully saturated rings. The number of hydrogen-bond donors (Lipinski definition) is 0. The molecule has 0 radical (unpaired) electrons. The van der Waals surface area contributed by atoms with Crippen molar-refractivity contribution in [3.05, 3.63) is 33.9 Å². The van der Waals surface area contributed by atoms with Crippen LogP contribution >= 0.6 is 0 Å². The fourth-order valence-electron chi connectivity index (χ4n) is 2.74. The fourth-order valence-corrected chi connectivity index (χ4v) is 2.74. The summed E-state index contributed by atoms with van der Waals surface area (Å²) in [7, 11) is 0. The molecule has 0 bridgehead atoms. The maximum atomic E-state index is 12.5. The van der Waals surface area contributed by atoms with Crippen LogP contribution in [-0.2, 0) is 0 Å². The largest absolute Gasteiger partial charge is 0.401 e. The lowest BCUT2D eigenvalue weighted by atomic mass is 10.1. The van der Waals surface area contributed by atoms with E-state index < -0.39 is 17.6 Å². The van der Waals surface area contributed by atoms with E-state index in [-0.39, 0.29) is 11.7 Å². The van der Waals surface area contributed by atoms with Gasteiger partial charge in [-0.2, -0.15) is 13.2 Å². The molecule has 5 nitrogen and oxygen atoms in total. The van der Waals surface area contributed by atoms with Crippen LogP contribution in [0.1, 0.15) is 12.5 Å². The van der Waals surface area contributed by atoms with Crippen molar-refractivity contribution in [2.24, 2.45) is 0 Å². The van der Waals surface area contributed by atoms with Gasteiger partial charge in [0.15, 0.2) is 0 Å². The molecule has 1 aromatic carbocycles. The van der Waals surface area contributed by atoms with Crippen molar-refractivity contribution in [1.82, 2.24) is 4.90 Å². The van der Waals surface area contributed by atoms with Crippen LogP contribution in [0.2, 0.25) is 0 Å². The van der Waals surface area contributed by atoms with Crippen LogP contribution < -0.4 is 4.90 Å². The number of aryl methyl sites for hydroxylation is 1. The van der Waals surface area contributed by atoms with E-state index in [0.29, 0.717) is 25.2 Å². The summed E-state index contributed by atoms with van der Waals surface area (Å²) in [5.74, 6) is 0. The molecule has 2 rings (SSSR count). The van der Waals surface area contributed by atoms with E-state index in [1.165, 1.54) is 11.0 Å². The Hall–Kier alpha value is -1.83. The molecule has 1 atom stereocenters. The van der Waals surface area contributed by atoms with Gasteiger partial charge in [0.25, 0.3) is 5.69 Å². The number of nitro groups is 1. The number of nitro benzene ring substituents is 1. The van der Waals surface area contributed by atoms with Gasteiger partial charge in [0, 0.05) is 43.0 Å². The van der Waals surface area contributed by atoms with Crippen molar-refractivity contribution in [2.75, 3.05) is 31.1 Å². The second-order valence-electron chi connectivity index (χ2n) is 5.61. The van der Waals surface area contributed by atoms with Gasteiger partial charge in [0.05, 0.1) is 11.5 Å². The molecule has 1 unspecified atom stereocenters. The Balaban J connectivity index is 2.07. The molecule has 1 aliphatic heterocycles. The fraction of sp³-hybridized carbons (Fsp3) is 0.571. The molecule has 1 heterocycles. The quantitative estimate of drug-likeness (QED) is 0.635. The smallest absolute Gasteiger partial charge is 0.369 e. The first kappa shape index (κ1) is 16.5. The van der Waals surface area contributed by atoms with Crippen molar-refractivity contribution in [1.29, 1.82) is 0 Å².